The second-order valence-corrected chi connectivity index (χ2v) is 4.80. The Morgan fingerprint density at radius 1 is 1.22 bits per heavy atom. The minimum atomic E-state index is -0.381. The monoisotopic (exact) mass is 255 g/mol. The van der Waals surface area contributed by atoms with Gasteiger partial charge >= 0.3 is 0 Å². The van der Waals surface area contributed by atoms with Crippen LogP contribution in [-0.2, 0) is 4.74 Å². The first-order chi connectivity index (χ1) is 8.50. The highest BCUT2D eigenvalue weighted by atomic mass is 19.1. The molecule has 0 saturated heterocycles. The molecule has 0 spiro atoms. The molecule has 0 aliphatic heterocycles. The summed E-state index contributed by atoms with van der Waals surface area (Å²) in [6, 6.07) is 4.62. The summed E-state index contributed by atoms with van der Waals surface area (Å²) in [7, 11) is 0. The van der Waals surface area contributed by atoms with Crippen LogP contribution in [-0.4, -0.2) is 19.8 Å². The molecule has 0 aliphatic rings. The Hall–Kier alpha value is -1.13. The van der Waals surface area contributed by atoms with E-state index in [9.17, 15) is 4.39 Å². The Balaban J connectivity index is 2.39. The van der Waals surface area contributed by atoms with Crippen molar-refractivity contribution in [2.24, 2.45) is 11.7 Å². The van der Waals surface area contributed by atoms with Crippen molar-refractivity contribution in [2.45, 2.75) is 26.8 Å². The van der Waals surface area contributed by atoms with Gasteiger partial charge in [0.05, 0.1) is 6.61 Å². The predicted molar refractivity (Wildman–Crippen MR) is 70.2 cm³/mol. The first-order valence-electron chi connectivity index (χ1n) is 6.26. The van der Waals surface area contributed by atoms with E-state index < -0.39 is 0 Å². The second-order valence-electron chi connectivity index (χ2n) is 4.80. The molecule has 1 aromatic rings. The molecule has 1 atom stereocenters. The van der Waals surface area contributed by atoms with E-state index in [1.54, 1.807) is 12.1 Å². The maximum absolute atomic E-state index is 13.6. The van der Waals surface area contributed by atoms with Crippen LogP contribution in [0.3, 0.4) is 0 Å². The lowest BCUT2D eigenvalue weighted by atomic mass is 10.1. The summed E-state index contributed by atoms with van der Waals surface area (Å²) in [5.74, 6) is 0.355. The summed E-state index contributed by atoms with van der Waals surface area (Å²) in [5.41, 5.74) is 6.43. The van der Waals surface area contributed by atoms with Gasteiger partial charge in [0, 0.05) is 12.6 Å². The maximum Gasteiger partial charge on any atom is 0.165 e. The highest BCUT2D eigenvalue weighted by Gasteiger charge is 2.07. The molecule has 1 aromatic carbocycles. The lowest BCUT2D eigenvalue weighted by Crippen LogP contribution is -2.11. The standard InChI is InChI=1S/C14H22FNO2/c1-10(2)9-17-6-7-18-14-5-4-12(11(3)16)8-13(14)15/h4-5,8,10-11H,6-7,9,16H2,1-3H3. The number of rotatable bonds is 7. The van der Waals surface area contributed by atoms with E-state index in [1.165, 1.54) is 6.07 Å². The number of ether oxygens (including phenoxy) is 2. The Morgan fingerprint density at radius 2 is 1.94 bits per heavy atom. The molecule has 0 saturated carbocycles. The normalized spacial score (nSPS) is 12.8. The minimum absolute atomic E-state index is 0.178. The number of hydrogen-bond donors (Lipinski definition) is 1. The highest BCUT2D eigenvalue weighted by molar-refractivity contribution is 5.30. The van der Waals surface area contributed by atoms with Crippen LogP contribution in [0.2, 0.25) is 0 Å². The zero-order chi connectivity index (χ0) is 13.5. The van der Waals surface area contributed by atoms with Crippen LogP contribution in [0.4, 0.5) is 4.39 Å². The van der Waals surface area contributed by atoms with Crippen molar-refractivity contribution in [3.05, 3.63) is 29.6 Å². The van der Waals surface area contributed by atoms with Gasteiger partial charge in [-0.3, -0.25) is 0 Å². The second kappa shape index (κ2) is 7.34. The van der Waals surface area contributed by atoms with Gasteiger partial charge in [-0.15, -0.1) is 0 Å². The lowest BCUT2D eigenvalue weighted by Gasteiger charge is -2.11. The number of halogens is 1. The molecule has 0 aliphatic carbocycles. The van der Waals surface area contributed by atoms with Crippen LogP contribution in [0, 0.1) is 11.7 Å². The molecular weight excluding hydrogens is 233 g/mol. The van der Waals surface area contributed by atoms with Crippen LogP contribution >= 0.6 is 0 Å². The third kappa shape index (κ3) is 5.02. The van der Waals surface area contributed by atoms with Crippen molar-refractivity contribution in [1.82, 2.24) is 0 Å². The van der Waals surface area contributed by atoms with Crippen LogP contribution in [0.1, 0.15) is 32.4 Å². The molecule has 4 heteroatoms. The molecule has 1 unspecified atom stereocenters. The molecule has 3 nitrogen and oxygen atoms in total. The largest absolute Gasteiger partial charge is 0.488 e. The zero-order valence-corrected chi connectivity index (χ0v) is 11.3. The van der Waals surface area contributed by atoms with E-state index >= 15 is 0 Å². The summed E-state index contributed by atoms with van der Waals surface area (Å²) >= 11 is 0. The van der Waals surface area contributed by atoms with Crippen molar-refractivity contribution >= 4 is 0 Å². The van der Waals surface area contributed by atoms with Crippen molar-refractivity contribution < 1.29 is 13.9 Å². The first kappa shape index (κ1) is 14.9. The predicted octanol–water partition coefficient (Wildman–Crippen LogP) is 2.90. The number of benzene rings is 1. The van der Waals surface area contributed by atoms with Gasteiger partial charge in [-0.1, -0.05) is 19.9 Å². The summed E-state index contributed by atoms with van der Waals surface area (Å²) in [6.07, 6.45) is 0. The molecule has 0 heterocycles. The van der Waals surface area contributed by atoms with Gasteiger partial charge in [0.2, 0.25) is 0 Å². The smallest absolute Gasteiger partial charge is 0.165 e. The van der Waals surface area contributed by atoms with Gasteiger partial charge in [0.15, 0.2) is 11.6 Å². The van der Waals surface area contributed by atoms with E-state index in [2.05, 4.69) is 13.8 Å². The molecule has 2 N–H and O–H groups in total. The van der Waals surface area contributed by atoms with E-state index in [-0.39, 0.29) is 17.6 Å². The fourth-order valence-corrected chi connectivity index (χ4v) is 1.45. The maximum atomic E-state index is 13.6. The van der Waals surface area contributed by atoms with E-state index in [0.717, 1.165) is 5.56 Å². The van der Waals surface area contributed by atoms with Crippen molar-refractivity contribution in [3.63, 3.8) is 0 Å². The van der Waals surface area contributed by atoms with Gasteiger partial charge in [-0.25, -0.2) is 4.39 Å². The minimum Gasteiger partial charge on any atom is -0.488 e. The van der Waals surface area contributed by atoms with Gasteiger partial charge < -0.3 is 15.2 Å². The summed E-state index contributed by atoms with van der Waals surface area (Å²) in [4.78, 5) is 0. The SMILES string of the molecule is CC(C)COCCOc1ccc(C(C)N)cc1F. The highest BCUT2D eigenvalue weighted by Crippen LogP contribution is 2.20. The molecule has 1 rings (SSSR count). The number of nitrogens with two attached hydrogens (primary N) is 1. The van der Waals surface area contributed by atoms with Gasteiger partial charge in [0.25, 0.3) is 0 Å². The first-order valence-corrected chi connectivity index (χ1v) is 6.26. The molecule has 0 aromatic heterocycles. The molecule has 18 heavy (non-hydrogen) atoms. The molecule has 0 bridgehead atoms. The molecular formula is C14H22FNO2. The molecule has 102 valence electrons. The van der Waals surface area contributed by atoms with Gasteiger partial charge in [-0.05, 0) is 30.5 Å². The number of hydrogen-bond acceptors (Lipinski definition) is 3. The van der Waals surface area contributed by atoms with Crippen LogP contribution in [0.25, 0.3) is 0 Å². The van der Waals surface area contributed by atoms with Crippen LogP contribution in [0.15, 0.2) is 18.2 Å². The lowest BCUT2D eigenvalue weighted by molar-refractivity contribution is 0.0807. The fraction of sp³-hybridized carbons (Fsp3) is 0.571. The third-order valence-electron chi connectivity index (χ3n) is 2.42. The topological polar surface area (TPSA) is 44.5 Å². The van der Waals surface area contributed by atoms with E-state index in [0.29, 0.717) is 25.7 Å². The Labute approximate surface area is 108 Å². The van der Waals surface area contributed by atoms with Crippen molar-refractivity contribution in [1.29, 1.82) is 0 Å². The average Bonchev–Trinajstić information content (AvgIpc) is 2.29. The third-order valence-corrected chi connectivity index (χ3v) is 2.42. The van der Waals surface area contributed by atoms with Gasteiger partial charge in [0.1, 0.15) is 6.61 Å². The summed E-state index contributed by atoms with van der Waals surface area (Å²) in [6.45, 7) is 7.47. The zero-order valence-electron chi connectivity index (χ0n) is 11.3. The van der Waals surface area contributed by atoms with Crippen molar-refractivity contribution in [2.75, 3.05) is 19.8 Å². The Bertz CT molecular complexity index is 367. The Morgan fingerprint density at radius 3 is 2.50 bits per heavy atom. The van der Waals surface area contributed by atoms with Crippen LogP contribution in [0.5, 0.6) is 5.75 Å². The molecule has 0 amide bonds. The summed E-state index contributed by atoms with van der Waals surface area (Å²) < 4.78 is 24.3. The molecule has 0 fully saturated rings. The van der Waals surface area contributed by atoms with E-state index in [1.807, 2.05) is 6.92 Å². The molecule has 0 radical (unpaired) electrons. The van der Waals surface area contributed by atoms with Gasteiger partial charge in [-0.2, -0.15) is 0 Å². The van der Waals surface area contributed by atoms with E-state index in [4.69, 9.17) is 15.2 Å². The van der Waals surface area contributed by atoms with Crippen LogP contribution < -0.4 is 10.5 Å². The fourth-order valence-electron chi connectivity index (χ4n) is 1.45. The van der Waals surface area contributed by atoms with Crippen molar-refractivity contribution in [3.8, 4) is 5.75 Å². The quantitative estimate of drug-likeness (QED) is 0.762. The summed E-state index contributed by atoms with van der Waals surface area (Å²) in [5, 5.41) is 0. The Kier molecular flexibility index (Phi) is 6.09. The average molecular weight is 255 g/mol.